The van der Waals surface area contributed by atoms with Crippen LogP contribution < -0.4 is 10.5 Å². The summed E-state index contributed by atoms with van der Waals surface area (Å²) in [5, 5.41) is 11.6. The van der Waals surface area contributed by atoms with Gasteiger partial charge in [0.15, 0.2) is 5.84 Å². The second-order valence-electron chi connectivity index (χ2n) is 4.14. The van der Waals surface area contributed by atoms with Gasteiger partial charge in [-0.05, 0) is 52.7 Å². The van der Waals surface area contributed by atoms with Crippen LogP contribution in [-0.4, -0.2) is 11.0 Å². The van der Waals surface area contributed by atoms with Crippen molar-refractivity contribution in [3.8, 4) is 11.5 Å². The van der Waals surface area contributed by atoms with Crippen molar-refractivity contribution in [2.45, 2.75) is 6.92 Å². The van der Waals surface area contributed by atoms with Gasteiger partial charge in [-0.1, -0.05) is 11.2 Å². The molecule has 0 saturated heterocycles. The molecule has 0 bridgehead atoms. The van der Waals surface area contributed by atoms with Crippen LogP contribution in [0, 0.1) is 12.7 Å². The van der Waals surface area contributed by atoms with Crippen molar-refractivity contribution in [3.05, 3.63) is 57.8 Å². The van der Waals surface area contributed by atoms with Crippen molar-refractivity contribution in [2.24, 2.45) is 10.9 Å². The van der Waals surface area contributed by atoms with Crippen LogP contribution in [0.15, 0.2) is 46.0 Å². The van der Waals surface area contributed by atoms with E-state index in [4.69, 9.17) is 15.7 Å². The van der Waals surface area contributed by atoms with E-state index in [2.05, 4.69) is 21.1 Å². The van der Waals surface area contributed by atoms with Gasteiger partial charge in [-0.15, -0.1) is 0 Å². The Balaban J connectivity index is 2.31. The van der Waals surface area contributed by atoms with Crippen molar-refractivity contribution in [1.82, 2.24) is 0 Å². The minimum atomic E-state index is -0.363. The van der Waals surface area contributed by atoms with Crippen LogP contribution in [0.2, 0.25) is 0 Å². The summed E-state index contributed by atoms with van der Waals surface area (Å²) in [5.74, 6) is 0.580. The summed E-state index contributed by atoms with van der Waals surface area (Å²) >= 11 is 3.31. The average molecular weight is 339 g/mol. The lowest BCUT2D eigenvalue weighted by atomic mass is 10.2. The molecule has 0 fully saturated rings. The van der Waals surface area contributed by atoms with Gasteiger partial charge in [-0.3, -0.25) is 0 Å². The standard InChI is InChI=1S/C14H12BrFN2O2/c1-8-2-3-9(16)6-13(8)20-10-4-5-11(12(15)7-10)14(17)18-19/h2-7,19H,1H3,(H2,17,18). The molecule has 0 aliphatic heterocycles. The largest absolute Gasteiger partial charge is 0.457 e. The van der Waals surface area contributed by atoms with Gasteiger partial charge in [0.25, 0.3) is 0 Å². The maximum Gasteiger partial charge on any atom is 0.171 e. The first-order valence-corrected chi connectivity index (χ1v) is 6.52. The molecule has 2 aromatic carbocycles. The Morgan fingerprint density at radius 3 is 2.70 bits per heavy atom. The quantitative estimate of drug-likeness (QED) is 0.387. The highest BCUT2D eigenvalue weighted by Crippen LogP contribution is 2.29. The van der Waals surface area contributed by atoms with Gasteiger partial charge in [0.05, 0.1) is 0 Å². The molecule has 0 atom stereocenters. The molecule has 6 heteroatoms. The van der Waals surface area contributed by atoms with E-state index >= 15 is 0 Å². The molecule has 2 aromatic rings. The Kier molecular flexibility index (Phi) is 4.24. The Hall–Kier alpha value is -2.08. The number of benzene rings is 2. The van der Waals surface area contributed by atoms with Gasteiger partial charge in [0.2, 0.25) is 0 Å². The maximum absolute atomic E-state index is 13.2. The zero-order valence-corrected chi connectivity index (χ0v) is 12.2. The third kappa shape index (κ3) is 3.08. The summed E-state index contributed by atoms with van der Waals surface area (Å²) in [4.78, 5) is 0. The third-order valence-corrected chi connectivity index (χ3v) is 3.36. The predicted molar refractivity (Wildman–Crippen MR) is 77.9 cm³/mol. The number of aryl methyl sites for hydroxylation is 1. The molecule has 104 valence electrons. The average Bonchev–Trinajstić information content (AvgIpc) is 2.42. The van der Waals surface area contributed by atoms with Crippen molar-refractivity contribution in [3.63, 3.8) is 0 Å². The van der Waals surface area contributed by atoms with E-state index in [9.17, 15) is 4.39 Å². The summed E-state index contributed by atoms with van der Waals surface area (Å²) in [5.41, 5.74) is 6.88. The fourth-order valence-electron chi connectivity index (χ4n) is 1.63. The number of rotatable bonds is 3. The number of halogens is 2. The number of nitrogens with zero attached hydrogens (tertiary/aromatic N) is 1. The molecule has 4 nitrogen and oxygen atoms in total. The van der Waals surface area contributed by atoms with Gasteiger partial charge in [0.1, 0.15) is 17.3 Å². The summed E-state index contributed by atoms with van der Waals surface area (Å²) in [7, 11) is 0. The molecular formula is C14H12BrFN2O2. The van der Waals surface area contributed by atoms with E-state index in [-0.39, 0.29) is 11.7 Å². The van der Waals surface area contributed by atoms with Gasteiger partial charge >= 0.3 is 0 Å². The van der Waals surface area contributed by atoms with Crippen LogP contribution in [0.3, 0.4) is 0 Å². The van der Waals surface area contributed by atoms with Crippen LogP contribution in [-0.2, 0) is 0 Å². The van der Waals surface area contributed by atoms with E-state index in [0.717, 1.165) is 5.56 Å². The topological polar surface area (TPSA) is 67.8 Å². The van der Waals surface area contributed by atoms with Gasteiger partial charge in [0, 0.05) is 16.1 Å². The molecule has 0 heterocycles. The van der Waals surface area contributed by atoms with E-state index < -0.39 is 0 Å². The number of amidine groups is 1. The SMILES string of the molecule is Cc1ccc(F)cc1Oc1ccc(/C(N)=N/O)c(Br)c1. The van der Waals surface area contributed by atoms with Crippen molar-refractivity contribution < 1.29 is 14.3 Å². The van der Waals surface area contributed by atoms with Crippen LogP contribution in [0.4, 0.5) is 4.39 Å². The van der Waals surface area contributed by atoms with Gasteiger partial charge in [-0.25, -0.2) is 4.39 Å². The normalized spacial score (nSPS) is 11.4. The third-order valence-electron chi connectivity index (χ3n) is 2.70. The summed E-state index contributed by atoms with van der Waals surface area (Å²) in [6.45, 7) is 1.83. The lowest BCUT2D eigenvalue weighted by molar-refractivity contribution is 0.318. The van der Waals surface area contributed by atoms with E-state index in [0.29, 0.717) is 21.5 Å². The number of ether oxygens (including phenoxy) is 1. The molecule has 2 rings (SSSR count). The highest BCUT2D eigenvalue weighted by molar-refractivity contribution is 9.10. The molecule has 20 heavy (non-hydrogen) atoms. The Labute approximate surface area is 123 Å². The lowest BCUT2D eigenvalue weighted by Gasteiger charge is -2.10. The Bertz CT molecular complexity index is 674. The van der Waals surface area contributed by atoms with Crippen LogP contribution >= 0.6 is 15.9 Å². The lowest BCUT2D eigenvalue weighted by Crippen LogP contribution is -2.13. The van der Waals surface area contributed by atoms with Crippen LogP contribution in [0.5, 0.6) is 11.5 Å². The van der Waals surface area contributed by atoms with Crippen LogP contribution in [0.1, 0.15) is 11.1 Å². The van der Waals surface area contributed by atoms with Crippen LogP contribution in [0.25, 0.3) is 0 Å². The Morgan fingerprint density at radius 2 is 2.05 bits per heavy atom. The first kappa shape index (κ1) is 14.3. The predicted octanol–water partition coefficient (Wildman–Crippen LogP) is 3.78. The first-order valence-electron chi connectivity index (χ1n) is 5.72. The molecule has 0 unspecified atom stereocenters. The Morgan fingerprint density at radius 1 is 1.30 bits per heavy atom. The summed E-state index contributed by atoms with van der Waals surface area (Å²) in [6, 6.07) is 9.30. The highest BCUT2D eigenvalue weighted by Gasteiger charge is 2.08. The maximum atomic E-state index is 13.2. The van der Waals surface area contributed by atoms with Gasteiger partial charge in [-0.2, -0.15) is 0 Å². The zero-order chi connectivity index (χ0) is 14.7. The fraction of sp³-hybridized carbons (Fsp3) is 0.0714. The van der Waals surface area contributed by atoms with Crippen molar-refractivity contribution >= 4 is 21.8 Å². The van der Waals surface area contributed by atoms with E-state index in [1.807, 2.05) is 6.92 Å². The second kappa shape index (κ2) is 5.92. The van der Waals surface area contributed by atoms with Gasteiger partial charge < -0.3 is 15.7 Å². The zero-order valence-electron chi connectivity index (χ0n) is 10.6. The van der Waals surface area contributed by atoms with Crippen molar-refractivity contribution in [1.29, 1.82) is 0 Å². The monoisotopic (exact) mass is 338 g/mol. The fourth-order valence-corrected chi connectivity index (χ4v) is 2.19. The van der Waals surface area contributed by atoms with E-state index in [1.165, 1.54) is 12.1 Å². The molecule has 0 amide bonds. The smallest absolute Gasteiger partial charge is 0.171 e. The minimum Gasteiger partial charge on any atom is -0.457 e. The molecule has 0 aliphatic rings. The molecular weight excluding hydrogens is 327 g/mol. The highest BCUT2D eigenvalue weighted by atomic mass is 79.9. The minimum absolute atomic E-state index is 0.00892. The number of oxime groups is 1. The molecule has 0 aromatic heterocycles. The number of hydrogen-bond donors (Lipinski definition) is 2. The number of nitrogens with two attached hydrogens (primary N) is 1. The molecule has 0 radical (unpaired) electrons. The van der Waals surface area contributed by atoms with Crippen molar-refractivity contribution in [2.75, 3.05) is 0 Å². The molecule has 0 saturated carbocycles. The second-order valence-corrected chi connectivity index (χ2v) is 4.99. The molecule has 0 spiro atoms. The first-order chi connectivity index (χ1) is 9.51. The molecule has 3 N–H and O–H groups in total. The summed E-state index contributed by atoms with van der Waals surface area (Å²) < 4.78 is 19.4. The molecule has 0 aliphatic carbocycles. The summed E-state index contributed by atoms with van der Waals surface area (Å²) in [6.07, 6.45) is 0. The number of hydrogen-bond acceptors (Lipinski definition) is 3. The van der Waals surface area contributed by atoms with E-state index in [1.54, 1.807) is 24.3 Å².